The molecule has 1 aromatic heterocycles. The van der Waals surface area contributed by atoms with Gasteiger partial charge in [-0.05, 0) is 31.9 Å². The highest BCUT2D eigenvalue weighted by Crippen LogP contribution is 2.35. The van der Waals surface area contributed by atoms with Gasteiger partial charge in [0.05, 0.1) is 5.54 Å². The molecule has 0 saturated heterocycles. The van der Waals surface area contributed by atoms with Crippen molar-refractivity contribution in [3.05, 3.63) is 35.5 Å². The molecule has 0 radical (unpaired) electrons. The smallest absolute Gasteiger partial charge is 0.132 e. The molecule has 0 saturated carbocycles. The first-order chi connectivity index (χ1) is 8.60. The zero-order valence-electron chi connectivity index (χ0n) is 10.8. The van der Waals surface area contributed by atoms with Crippen LogP contribution in [0.1, 0.15) is 31.5 Å². The molecule has 0 spiro atoms. The van der Waals surface area contributed by atoms with Gasteiger partial charge in [-0.2, -0.15) is 0 Å². The van der Waals surface area contributed by atoms with Crippen LogP contribution in [0.15, 0.2) is 24.3 Å². The summed E-state index contributed by atoms with van der Waals surface area (Å²) < 4.78 is 0. The monoisotopic (exact) mass is 242 g/mol. The van der Waals surface area contributed by atoms with Crippen molar-refractivity contribution in [3.63, 3.8) is 0 Å². The Kier molecular flexibility index (Phi) is 2.52. The Labute approximate surface area is 107 Å². The summed E-state index contributed by atoms with van der Waals surface area (Å²) in [7, 11) is 0. The largest absolute Gasteiger partial charge is 0.357 e. The van der Waals surface area contributed by atoms with Gasteiger partial charge in [-0.3, -0.25) is 4.79 Å². The lowest BCUT2D eigenvalue weighted by Gasteiger charge is -2.34. The Morgan fingerprint density at radius 2 is 2.17 bits per heavy atom. The number of hydrogen-bond donors (Lipinski definition) is 2. The number of hydrogen-bond acceptors (Lipinski definition) is 2. The summed E-state index contributed by atoms with van der Waals surface area (Å²) in [5.74, 6) is 0.219. The molecule has 1 unspecified atom stereocenters. The second kappa shape index (κ2) is 3.95. The number of fused-ring (bicyclic) bond motifs is 3. The van der Waals surface area contributed by atoms with E-state index in [-0.39, 0.29) is 11.3 Å². The first-order valence-corrected chi connectivity index (χ1v) is 6.45. The normalized spacial score (nSPS) is 23.0. The van der Waals surface area contributed by atoms with Crippen molar-refractivity contribution < 1.29 is 4.79 Å². The first kappa shape index (κ1) is 11.5. The van der Waals surface area contributed by atoms with Crippen LogP contribution in [0, 0.1) is 0 Å². The standard InChI is InChI=1S/C15H18N2O/c1-10(18)9-15(2)14-12(7-8-16-15)11-5-3-4-6-13(11)17-14/h3-6,16-17H,7-9H2,1-2H3. The van der Waals surface area contributed by atoms with Crippen LogP contribution in [-0.4, -0.2) is 17.3 Å². The van der Waals surface area contributed by atoms with Gasteiger partial charge >= 0.3 is 0 Å². The predicted molar refractivity (Wildman–Crippen MR) is 72.7 cm³/mol. The third-order valence-corrected chi connectivity index (χ3v) is 3.86. The van der Waals surface area contributed by atoms with Crippen LogP contribution in [0.3, 0.4) is 0 Å². The minimum Gasteiger partial charge on any atom is -0.357 e. The van der Waals surface area contributed by atoms with Crippen molar-refractivity contribution in [1.82, 2.24) is 10.3 Å². The maximum absolute atomic E-state index is 11.5. The van der Waals surface area contributed by atoms with Gasteiger partial charge < -0.3 is 10.3 Å². The van der Waals surface area contributed by atoms with E-state index >= 15 is 0 Å². The first-order valence-electron chi connectivity index (χ1n) is 6.45. The molecular formula is C15H18N2O. The Hall–Kier alpha value is -1.61. The number of benzene rings is 1. The maximum atomic E-state index is 11.5. The fourth-order valence-corrected chi connectivity index (χ4v) is 3.13. The average molecular weight is 242 g/mol. The second-order valence-electron chi connectivity index (χ2n) is 5.41. The number of nitrogens with one attached hydrogen (secondary N) is 2. The van der Waals surface area contributed by atoms with Gasteiger partial charge in [0.1, 0.15) is 5.78 Å². The number of aromatic amines is 1. The molecule has 2 N–H and O–H groups in total. The molecule has 0 aliphatic carbocycles. The second-order valence-corrected chi connectivity index (χ2v) is 5.41. The van der Waals surface area contributed by atoms with E-state index in [4.69, 9.17) is 0 Å². The van der Waals surface area contributed by atoms with E-state index in [1.165, 1.54) is 22.2 Å². The summed E-state index contributed by atoms with van der Waals surface area (Å²) in [6, 6.07) is 8.37. The molecule has 18 heavy (non-hydrogen) atoms. The van der Waals surface area contributed by atoms with Crippen LogP contribution in [-0.2, 0) is 16.8 Å². The van der Waals surface area contributed by atoms with E-state index in [0.717, 1.165) is 13.0 Å². The molecule has 0 bridgehead atoms. The number of carbonyl (C=O) groups excluding carboxylic acids is 1. The number of aromatic nitrogens is 1. The van der Waals surface area contributed by atoms with E-state index in [9.17, 15) is 4.79 Å². The molecule has 1 aliphatic rings. The molecular weight excluding hydrogens is 224 g/mol. The van der Waals surface area contributed by atoms with Crippen LogP contribution in [0.5, 0.6) is 0 Å². The van der Waals surface area contributed by atoms with Crippen molar-refractivity contribution in [2.45, 2.75) is 32.2 Å². The fraction of sp³-hybridized carbons (Fsp3) is 0.400. The molecule has 3 heteroatoms. The van der Waals surface area contributed by atoms with Crippen molar-refractivity contribution in [2.75, 3.05) is 6.54 Å². The number of Topliss-reactive ketones (excluding diaryl/α,β-unsaturated/α-hetero) is 1. The molecule has 0 amide bonds. The van der Waals surface area contributed by atoms with Crippen molar-refractivity contribution in [3.8, 4) is 0 Å². The molecule has 0 fully saturated rings. The number of para-hydroxylation sites is 1. The third-order valence-electron chi connectivity index (χ3n) is 3.86. The summed E-state index contributed by atoms with van der Waals surface area (Å²) in [5, 5.41) is 4.79. The topological polar surface area (TPSA) is 44.9 Å². The van der Waals surface area contributed by atoms with E-state index in [1.807, 2.05) is 6.07 Å². The Morgan fingerprint density at radius 3 is 2.94 bits per heavy atom. The lowest BCUT2D eigenvalue weighted by Crippen LogP contribution is -2.46. The molecule has 2 heterocycles. The van der Waals surface area contributed by atoms with Crippen LogP contribution in [0.2, 0.25) is 0 Å². The highest BCUT2D eigenvalue weighted by Gasteiger charge is 2.35. The fourth-order valence-electron chi connectivity index (χ4n) is 3.13. The Balaban J connectivity index is 2.18. The van der Waals surface area contributed by atoms with E-state index in [0.29, 0.717) is 6.42 Å². The van der Waals surface area contributed by atoms with Crippen molar-refractivity contribution >= 4 is 16.7 Å². The number of ketones is 1. The van der Waals surface area contributed by atoms with Crippen LogP contribution < -0.4 is 5.32 Å². The van der Waals surface area contributed by atoms with Gasteiger partial charge in [0, 0.05) is 29.6 Å². The number of rotatable bonds is 2. The average Bonchev–Trinajstić information content (AvgIpc) is 2.69. The van der Waals surface area contributed by atoms with Gasteiger partial charge in [-0.1, -0.05) is 18.2 Å². The van der Waals surface area contributed by atoms with Crippen LogP contribution >= 0.6 is 0 Å². The molecule has 1 atom stereocenters. The minimum atomic E-state index is -0.252. The molecule has 1 aromatic carbocycles. The van der Waals surface area contributed by atoms with Gasteiger partial charge in [-0.25, -0.2) is 0 Å². The van der Waals surface area contributed by atoms with E-state index < -0.39 is 0 Å². The maximum Gasteiger partial charge on any atom is 0.132 e. The number of carbonyl (C=O) groups is 1. The van der Waals surface area contributed by atoms with Gasteiger partial charge in [0.2, 0.25) is 0 Å². The lowest BCUT2D eigenvalue weighted by atomic mass is 9.85. The van der Waals surface area contributed by atoms with Crippen molar-refractivity contribution in [2.24, 2.45) is 0 Å². The summed E-state index contributed by atoms with van der Waals surface area (Å²) >= 11 is 0. The summed E-state index contributed by atoms with van der Waals surface area (Å²) in [4.78, 5) is 15.0. The summed E-state index contributed by atoms with van der Waals surface area (Å²) in [5.41, 5.74) is 3.47. The Bertz CT molecular complexity index is 614. The molecule has 94 valence electrons. The highest BCUT2D eigenvalue weighted by molar-refractivity contribution is 5.86. The quantitative estimate of drug-likeness (QED) is 0.850. The summed E-state index contributed by atoms with van der Waals surface area (Å²) in [6.07, 6.45) is 1.56. The SMILES string of the molecule is CC(=O)CC1(C)NCCc2c1[nH]c1ccccc21. The molecule has 2 aromatic rings. The van der Waals surface area contributed by atoms with E-state index in [2.05, 4.69) is 35.4 Å². The molecule has 3 nitrogen and oxygen atoms in total. The Morgan fingerprint density at radius 1 is 1.39 bits per heavy atom. The zero-order chi connectivity index (χ0) is 12.8. The van der Waals surface area contributed by atoms with Gasteiger partial charge in [0.25, 0.3) is 0 Å². The summed E-state index contributed by atoms with van der Waals surface area (Å²) in [6.45, 7) is 4.70. The zero-order valence-corrected chi connectivity index (χ0v) is 10.8. The van der Waals surface area contributed by atoms with Gasteiger partial charge in [-0.15, -0.1) is 0 Å². The highest BCUT2D eigenvalue weighted by atomic mass is 16.1. The molecule has 3 rings (SSSR count). The lowest BCUT2D eigenvalue weighted by molar-refractivity contribution is -0.118. The van der Waals surface area contributed by atoms with Gasteiger partial charge in [0.15, 0.2) is 0 Å². The minimum absolute atomic E-state index is 0.219. The van der Waals surface area contributed by atoms with E-state index in [1.54, 1.807) is 6.92 Å². The molecule has 1 aliphatic heterocycles. The van der Waals surface area contributed by atoms with Crippen LogP contribution in [0.25, 0.3) is 10.9 Å². The van der Waals surface area contributed by atoms with Crippen LogP contribution in [0.4, 0.5) is 0 Å². The van der Waals surface area contributed by atoms with Crippen molar-refractivity contribution in [1.29, 1.82) is 0 Å². The number of H-pyrrole nitrogens is 1. The predicted octanol–water partition coefficient (Wildman–Crippen LogP) is 2.51. The third kappa shape index (κ3) is 1.66.